The maximum atomic E-state index is 12.0. The molecule has 1 aromatic heterocycles. The first-order chi connectivity index (χ1) is 10.3. The van der Waals surface area contributed by atoms with E-state index in [0.717, 1.165) is 23.7 Å². The molecule has 1 aliphatic rings. The van der Waals surface area contributed by atoms with E-state index in [4.69, 9.17) is 0 Å². The van der Waals surface area contributed by atoms with Gasteiger partial charge in [-0.25, -0.2) is 4.98 Å². The Morgan fingerprint density at radius 2 is 2.00 bits per heavy atom. The number of hydrogen-bond acceptors (Lipinski definition) is 2. The van der Waals surface area contributed by atoms with Crippen LogP contribution in [0.5, 0.6) is 0 Å². The third kappa shape index (κ3) is 3.72. The number of rotatable bonds is 5. The molecule has 0 radical (unpaired) electrons. The third-order valence-electron chi connectivity index (χ3n) is 4.21. The van der Waals surface area contributed by atoms with E-state index in [1.807, 2.05) is 35.0 Å². The van der Waals surface area contributed by atoms with Crippen molar-refractivity contribution in [3.05, 3.63) is 43.0 Å². The molecule has 1 amide bonds. The summed E-state index contributed by atoms with van der Waals surface area (Å²) >= 11 is 0. The third-order valence-corrected chi connectivity index (χ3v) is 4.21. The molecule has 110 valence electrons. The SMILES string of the molecule is O=C(CCC1CCCC1)Nc1ccc(-n2ccnc2)cc1. The molecule has 1 aromatic carbocycles. The lowest BCUT2D eigenvalue weighted by Gasteiger charge is -2.10. The summed E-state index contributed by atoms with van der Waals surface area (Å²) in [4.78, 5) is 16.0. The van der Waals surface area contributed by atoms with Crippen LogP contribution < -0.4 is 5.32 Å². The molecule has 3 rings (SSSR count). The quantitative estimate of drug-likeness (QED) is 0.907. The number of nitrogens with zero attached hydrogens (tertiary/aromatic N) is 2. The summed E-state index contributed by atoms with van der Waals surface area (Å²) in [6.07, 6.45) is 12.3. The van der Waals surface area contributed by atoms with Crippen LogP contribution in [0.1, 0.15) is 38.5 Å². The number of carbonyl (C=O) groups excluding carboxylic acids is 1. The summed E-state index contributed by atoms with van der Waals surface area (Å²) in [5.41, 5.74) is 1.90. The van der Waals surface area contributed by atoms with Crippen LogP contribution >= 0.6 is 0 Å². The van der Waals surface area contributed by atoms with Crippen molar-refractivity contribution in [2.45, 2.75) is 38.5 Å². The summed E-state index contributed by atoms with van der Waals surface area (Å²) in [6.45, 7) is 0. The molecule has 0 atom stereocenters. The Bertz CT molecular complexity index is 569. The molecule has 0 bridgehead atoms. The van der Waals surface area contributed by atoms with Gasteiger partial charge in [0.15, 0.2) is 0 Å². The summed E-state index contributed by atoms with van der Waals surface area (Å²) in [7, 11) is 0. The lowest BCUT2D eigenvalue weighted by Crippen LogP contribution is -2.12. The van der Waals surface area contributed by atoms with E-state index in [2.05, 4.69) is 10.3 Å². The fourth-order valence-electron chi connectivity index (χ4n) is 2.99. The molecule has 4 nitrogen and oxygen atoms in total. The molecule has 1 N–H and O–H groups in total. The smallest absolute Gasteiger partial charge is 0.224 e. The maximum absolute atomic E-state index is 12.0. The van der Waals surface area contributed by atoms with Crippen molar-refractivity contribution in [2.24, 2.45) is 5.92 Å². The molecular formula is C17H21N3O. The largest absolute Gasteiger partial charge is 0.326 e. The van der Waals surface area contributed by atoms with E-state index < -0.39 is 0 Å². The molecule has 1 aliphatic carbocycles. The fourth-order valence-corrected chi connectivity index (χ4v) is 2.99. The number of imidazole rings is 1. The number of amides is 1. The predicted molar refractivity (Wildman–Crippen MR) is 83.4 cm³/mol. The van der Waals surface area contributed by atoms with E-state index in [1.165, 1.54) is 25.7 Å². The highest BCUT2D eigenvalue weighted by Gasteiger charge is 2.16. The minimum Gasteiger partial charge on any atom is -0.326 e. The first-order valence-corrected chi connectivity index (χ1v) is 7.69. The first-order valence-electron chi connectivity index (χ1n) is 7.69. The molecule has 0 aliphatic heterocycles. The van der Waals surface area contributed by atoms with E-state index in [0.29, 0.717) is 6.42 Å². The topological polar surface area (TPSA) is 46.9 Å². The fraction of sp³-hybridized carbons (Fsp3) is 0.412. The number of anilines is 1. The highest BCUT2D eigenvalue weighted by Crippen LogP contribution is 2.28. The molecular weight excluding hydrogens is 262 g/mol. The van der Waals surface area contributed by atoms with Crippen LogP contribution in [0.3, 0.4) is 0 Å². The monoisotopic (exact) mass is 283 g/mol. The van der Waals surface area contributed by atoms with E-state index in [-0.39, 0.29) is 5.91 Å². The molecule has 0 unspecified atom stereocenters. The van der Waals surface area contributed by atoms with Gasteiger partial charge in [-0.1, -0.05) is 25.7 Å². The Balaban J connectivity index is 1.51. The van der Waals surface area contributed by atoms with Gasteiger partial charge < -0.3 is 9.88 Å². The van der Waals surface area contributed by atoms with Crippen molar-refractivity contribution < 1.29 is 4.79 Å². The normalized spacial score (nSPS) is 15.2. The highest BCUT2D eigenvalue weighted by atomic mass is 16.1. The molecule has 0 saturated heterocycles. The standard InChI is InChI=1S/C17H21N3O/c21-17(10-5-14-3-1-2-4-14)19-15-6-8-16(9-7-15)20-12-11-18-13-20/h6-9,11-14H,1-5,10H2,(H,19,21). The number of carbonyl (C=O) groups is 1. The van der Waals surface area contributed by atoms with Gasteiger partial charge >= 0.3 is 0 Å². The van der Waals surface area contributed by atoms with Gasteiger partial charge in [-0.2, -0.15) is 0 Å². The van der Waals surface area contributed by atoms with Gasteiger partial charge in [0, 0.05) is 30.2 Å². The highest BCUT2D eigenvalue weighted by molar-refractivity contribution is 5.90. The first kappa shape index (κ1) is 13.9. The summed E-state index contributed by atoms with van der Waals surface area (Å²) < 4.78 is 1.94. The number of hydrogen-bond donors (Lipinski definition) is 1. The lowest BCUT2D eigenvalue weighted by molar-refractivity contribution is -0.116. The summed E-state index contributed by atoms with van der Waals surface area (Å²) in [6, 6.07) is 7.83. The number of nitrogens with one attached hydrogen (secondary N) is 1. The van der Waals surface area contributed by atoms with Gasteiger partial charge in [-0.05, 0) is 36.6 Å². The van der Waals surface area contributed by atoms with Crippen LogP contribution in [0.4, 0.5) is 5.69 Å². The Labute approximate surface area is 125 Å². The zero-order chi connectivity index (χ0) is 14.5. The zero-order valence-electron chi connectivity index (χ0n) is 12.2. The van der Waals surface area contributed by atoms with Gasteiger partial charge in [-0.3, -0.25) is 4.79 Å². The van der Waals surface area contributed by atoms with E-state index >= 15 is 0 Å². The Kier molecular flexibility index (Phi) is 4.34. The van der Waals surface area contributed by atoms with Crippen molar-refractivity contribution in [1.82, 2.24) is 9.55 Å². The van der Waals surface area contributed by atoms with Crippen molar-refractivity contribution in [1.29, 1.82) is 0 Å². The van der Waals surface area contributed by atoms with Gasteiger partial charge in [0.1, 0.15) is 0 Å². The zero-order valence-corrected chi connectivity index (χ0v) is 12.2. The average Bonchev–Trinajstić information content (AvgIpc) is 3.19. The Morgan fingerprint density at radius 1 is 1.24 bits per heavy atom. The van der Waals surface area contributed by atoms with Crippen LogP contribution in [0.15, 0.2) is 43.0 Å². The molecule has 1 fully saturated rings. The van der Waals surface area contributed by atoms with Crippen LogP contribution in [-0.4, -0.2) is 15.5 Å². The van der Waals surface area contributed by atoms with Crippen molar-refractivity contribution >= 4 is 11.6 Å². The van der Waals surface area contributed by atoms with Crippen molar-refractivity contribution in [3.8, 4) is 5.69 Å². The summed E-state index contributed by atoms with van der Waals surface area (Å²) in [5, 5.41) is 2.97. The maximum Gasteiger partial charge on any atom is 0.224 e. The second-order valence-electron chi connectivity index (χ2n) is 5.75. The second-order valence-corrected chi connectivity index (χ2v) is 5.75. The predicted octanol–water partition coefficient (Wildman–Crippen LogP) is 3.78. The lowest BCUT2D eigenvalue weighted by atomic mass is 10.0. The van der Waals surface area contributed by atoms with Gasteiger partial charge in [0.2, 0.25) is 5.91 Å². The summed E-state index contributed by atoms with van der Waals surface area (Å²) in [5.74, 6) is 0.886. The number of benzene rings is 1. The van der Waals surface area contributed by atoms with Crippen molar-refractivity contribution in [3.63, 3.8) is 0 Å². The van der Waals surface area contributed by atoms with Gasteiger partial charge in [0.25, 0.3) is 0 Å². The van der Waals surface area contributed by atoms with Crippen LogP contribution in [0.25, 0.3) is 5.69 Å². The minimum atomic E-state index is 0.122. The molecule has 0 spiro atoms. The van der Waals surface area contributed by atoms with Crippen LogP contribution in [0, 0.1) is 5.92 Å². The Morgan fingerprint density at radius 3 is 2.67 bits per heavy atom. The molecule has 21 heavy (non-hydrogen) atoms. The molecule has 1 saturated carbocycles. The minimum absolute atomic E-state index is 0.122. The molecule has 4 heteroatoms. The second kappa shape index (κ2) is 6.57. The number of aromatic nitrogens is 2. The average molecular weight is 283 g/mol. The molecule has 2 aromatic rings. The van der Waals surface area contributed by atoms with Crippen LogP contribution in [-0.2, 0) is 4.79 Å². The van der Waals surface area contributed by atoms with Crippen LogP contribution in [0.2, 0.25) is 0 Å². The van der Waals surface area contributed by atoms with Crippen molar-refractivity contribution in [2.75, 3.05) is 5.32 Å². The molecule has 1 heterocycles. The van der Waals surface area contributed by atoms with E-state index in [1.54, 1.807) is 12.5 Å². The van der Waals surface area contributed by atoms with E-state index in [9.17, 15) is 4.79 Å². The van der Waals surface area contributed by atoms with Gasteiger partial charge in [-0.15, -0.1) is 0 Å². The Hall–Kier alpha value is -2.10. The van der Waals surface area contributed by atoms with Gasteiger partial charge in [0.05, 0.1) is 6.33 Å².